The van der Waals surface area contributed by atoms with Crippen LogP contribution in [0.25, 0.3) is 0 Å². The highest BCUT2D eigenvalue weighted by molar-refractivity contribution is 6.08. The molecule has 0 aliphatic rings. The molecule has 25 heavy (non-hydrogen) atoms. The van der Waals surface area contributed by atoms with Gasteiger partial charge in [-0.05, 0) is 31.2 Å². The molecule has 7 nitrogen and oxygen atoms in total. The molecule has 128 valence electrons. The van der Waals surface area contributed by atoms with Crippen molar-refractivity contribution in [1.82, 2.24) is 15.1 Å². The minimum Gasteiger partial charge on any atom is -0.467 e. The van der Waals surface area contributed by atoms with Crippen molar-refractivity contribution < 1.29 is 14.0 Å². The van der Waals surface area contributed by atoms with Crippen LogP contribution in [0.5, 0.6) is 0 Å². The standard InChI is InChI=1S/C18H18N4O3/c1-12-5-7-13(8-6-12)17(23)21-15-11-20-22(2)16(15)18(24)19-10-14-4-3-9-25-14/h3-9,11H,10H2,1-2H3,(H,19,24)(H,21,23). The van der Waals surface area contributed by atoms with Gasteiger partial charge >= 0.3 is 0 Å². The Morgan fingerprint density at radius 2 is 1.92 bits per heavy atom. The summed E-state index contributed by atoms with van der Waals surface area (Å²) < 4.78 is 6.61. The average molecular weight is 338 g/mol. The van der Waals surface area contributed by atoms with Gasteiger partial charge in [-0.15, -0.1) is 0 Å². The van der Waals surface area contributed by atoms with E-state index in [1.807, 2.05) is 19.1 Å². The summed E-state index contributed by atoms with van der Waals surface area (Å²) in [7, 11) is 1.64. The van der Waals surface area contributed by atoms with Gasteiger partial charge in [-0.25, -0.2) is 0 Å². The molecule has 0 saturated heterocycles. The number of amides is 2. The van der Waals surface area contributed by atoms with Crippen molar-refractivity contribution in [1.29, 1.82) is 0 Å². The van der Waals surface area contributed by atoms with E-state index in [9.17, 15) is 9.59 Å². The summed E-state index contributed by atoms with van der Waals surface area (Å²) in [5, 5.41) is 9.54. The lowest BCUT2D eigenvalue weighted by molar-refractivity contribution is 0.0939. The van der Waals surface area contributed by atoms with Crippen LogP contribution in [0.3, 0.4) is 0 Å². The Labute approximate surface area is 144 Å². The van der Waals surface area contributed by atoms with E-state index in [4.69, 9.17) is 4.42 Å². The third kappa shape index (κ3) is 3.77. The van der Waals surface area contributed by atoms with Crippen molar-refractivity contribution >= 4 is 17.5 Å². The summed E-state index contributed by atoms with van der Waals surface area (Å²) in [6.07, 6.45) is 2.99. The SMILES string of the molecule is Cc1ccc(C(=O)Nc2cnn(C)c2C(=O)NCc2ccco2)cc1. The van der Waals surface area contributed by atoms with E-state index in [2.05, 4.69) is 15.7 Å². The fourth-order valence-corrected chi connectivity index (χ4v) is 2.36. The van der Waals surface area contributed by atoms with Crippen molar-refractivity contribution in [2.24, 2.45) is 7.05 Å². The van der Waals surface area contributed by atoms with Crippen LogP contribution in [0.15, 0.2) is 53.3 Å². The van der Waals surface area contributed by atoms with Crippen LogP contribution in [-0.2, 0) is 13.6 Å². The van der Waals surface area contributed by atoms with Gasteiger partial charge in [0, 0.05) is 12.6 Å². The van der Waals surface area contributed by atoms with Crippen molar-refractivity contribution in [2.45, 2.75) is 13.5 Å². The van der Waals surface area contributed by atoms with Crippen molar-refractivity contribution in [2.75, 3.05) is 5.32 Å². The molecule has 0 saturated carbocycles. The van der Waals surface area contributed by atoms with Crippen LogP contribution in [0.2, 0.25) is 0 Å². The van der Waals surface area contributed by atoms with Crippen LogP contribution in [0.4, 0.5) is 5.69 Å². The monoisotopic (exact) mass is 338 g/mol. The highest BCUT2D eigenvalue weighted by atomic mass is 16.3. The molecule has 2 heterocycles. The maximum Gasteiger partial charge on any atom is 0.272 e. The third-order valence-corrected chi connectivity index (χ3v) is 3.72. The molecule has 1 aromatic carbocycles. The largest absolute Gasteiger partial charge is 0.467 e. The van der Waals surface area contributed by atoms with E-state index < -0.39 is 0 Å². The van der Waals surface area contributed by atoms with Gasteiger partial charge in [-0.3, -0.25) is 14.3 Å². The topological polar surface area (TPSA) is 89.2 Å². The molecule has 0 fully saturated rings. The Hall–Kier alpha value is -3.35. The Kier molecular flexibility index (Phi) is 4.65. The number of furan rings is 1. The van der Waals surface area contributed by atoms with E-state index in [0.717, 1.165) is 5.56 Å². The number of hydrogen-bond acceptors (Lipinski definition) is 4. The lowest BCUT2D eigenvalue weighted by atomic mass is 10.1. The number of benzene rings is 1. The molecule has 0 aliphatic carbocycles. The van der Waals surface area contributed by atoms with E-state index in [0.29, 0.717) is 17.0 Å². The Morgan fingerprint density at radius 3 is 2.60 bits per heavy atom. The quantitative estimate of drug-likeness (QED) is 0.748. The summed E-state index contributed by atoms with van der Waals surface area (Å²) in [6, 6.07) is 10.7. The first-order valence-electron chi connectivity index (χ1n) is 7.75. The zero-order valence-electron chi connectivity index (χ0n) is 13.9. The van der Waals surface area contributed by atoms with Crippen molar-refractivity contribution in [3.05, 3.63) is 71.4 Å². The minimum absolute atomic E-state index is 0.252. The number of rotatable bonds is 5. The van der Waals surface area contributed by atoms with Crippen LogP contribution in [0, 0.1) is 6.92 Å². The van der Waals surface area contributed by atoms with Crippen LogP contribution >= 0.6 is 0 Å². The molecule has 0 bridgehead atoms. The molecule has 2 amide bonds. The predicted molar refractivity (Wildman–Crippen MR) is 92.2 cm³/mol. The first kappa shape index (κ1) is 16.5. The molecule has 2 N–H and O–H groups in total. The minimum atomic E-state index is -0.351. The summed E-state index contributed by atoms with van der Waals surface area (Å²) in [6.45, 7) is 2.20. The maximum atomic E-state index is 12.4. The number of aryl methyl sites for hydroxylation is 2. The molecule has 3 rings (SSSR count). The van der Waals surface area contributed by atoms with Gasteiger partial charge in [0.2, 0.25) is 0 Å². The molecule has 3 aromatic rings. The van der Waals surface area contributed by atoms with Gasteiger partial charge in [0.05, 0.1) is 24.7 Å². The number of aromatic nitrogens is 2. The number of hydrogen-bond donors (Lipinski definition) is 2. The second-order valence-electron chi connectivity index (χ2n) is 5.61. The molecule has 0 spiro atoms. The van der Waals surface area contributed by atoms with E-state index in [1.165, 1.54) is 10.9 Å². The van der Waals surface area contributed by atoms with E-state index >= 15 is 0 Å². The first-order valence-corrected chi connectivity index (χ1v) is 7.75. The van der Waals surface area contributed by atoms with Gasteiger partial charge < -0.3 is 15.1 Å². The summed E-state index contributed by atoms with van der Waals surface area (Å²) >= 11 is 0. The number of carbonyl (C=O) groups excluding carboxylic acids is 2. The van der Waals surface area contributed by atoms with Crippen LogP contribution < -0.4 is 10.6 Å². The van der Waals surface area contributed by atoms with Gasteiger partial charge in [0.1, 0.15) is 11.5 Å². The number of nitrogens with zero attached hydrogens (tertiary/aromatic N) is 2. The summed E-state index contributed by atoms with van der Waals surface area (Å²) in [4.78, 5) is 24.8. The maximum absolute atomic E-state index is 12.4. The smallest absolute Gasteiger partial charge is 0.272 e. The average Bonchev–Trinajstić information content (AvgIpc) is 3.23. The van der Waals surface area contributed by atoms with Crippen molar-refractivity contribution in [3.8, 4) is 0 Å². The molecule has 2 aromatic heterocycles. The molecule has 0 unspecified atom stereocenters. The van der Waals surface area contributed by atoms with Gasteiger partial charge in [-0.1, -0.05) is 17.7 Å². The zero-order chi connectivity index (χ0) is 17.8. The second-order valence-corrected chi connectivity index (χ2v) is 5.61. The lowest BCUT2D eigenvalue weighted by Crippen LogP contribution is -2.26. The molecular weight excluding hydrogens is 320 g/mol. The number of carbonyl (C=O) groups is 2. The molecule has 0 aliphatic heterocycles. The molecular formula is C18H18N4O3. The number of nitrogens with one attached hydrogen (secondary N) is 2. The Balaban J connectivity index is 1.73. The summed E-state index contributed by atoms with van der Waals surface area (Å²) in [5.41, 5.74) is 2.20. The van der Waals surface area contributed by atoms with Gasteiger partial charge in [0.15, 0.2) is 0 Å². The van der Waals surface area contributed by atoms with Crippen LogP contribution in [0.1, 0.15) is 32.2 Å². The predicted octanol–water partition coefficient (Wildman–Crippen LogP) is 2.50. The fraction of sp³-hybridized carbons (Fsp3) is 0.167. The zero-order valence-corrected chi connectivity index (χ0v) is 13.9. The highest BCUT2D eigenvalue weighted by Crippen LogP contribution is 2.16. The molecule has 0 radical (unpaired) electrons. The number of anilines is 1. The summed E-state index contributed by atoms with van der Waals surface area (Å²) in [5.74, 6) is -0.00977. The molecule has 0 atom stereocenters. The first-order chi connectivity index (χ1) is 12.0. The Bertz CT molecular complexity index is 880. The third-order valence-electron chi connectivity index (χ3n) is 3.72. The normalized spacial score (nSPS) is 10.5. The van der Waals surface area contributed by atoms with E-state index in [1.54, 1.807) is 37.6 Å². The highest BCUT2D eigenvalue weighted by Gasteiger charge is 2.19. The lowest BCUT2D eigenvalue weighted by Gasteiger charge is -2.08. The second kappa shape index (κ2) is 7.04. The Morgan fingerprint density at radius 1 is 1.16 bits per heavy atom. The van der Waals surface area contributed by atoms with Crippen molar-refractivity contribution in [3.63, 3.8) is 0 Å². The van der Waals surface area contributed by atoms with Gasteiger partial charge in [0.25, 0.3) is 11.8 Å². The van der Waals surface area contributed by atoms with E-state index in [-0.39, 0.29) is 24.1 Å². The van der Waals surface area contributed by atoms with Crippen LogP contribution in [-0.4, -0.2) is 21.6 Å². The van der Waals surface area contributed by atoms with Gasteiger partial charge in [-0.2, -0.15) is 5.10 Å². The molecule has 7 heteroatoms. The fourth-order valence-electron chi connectivity index (χ4n) is 2.36.